The Balaban J connectivity index is 1.91. The van der Waals surface area contributed by atoms with Crippen molar-refractivity contribution in [2.24, 2.45) is 5.92 Å². The Morgan fingerprint density at radius 2 is 1.60 bits per heavy atom. The Kier molecular flexibility index (Phi) is 12.0. The maximum atomic E-state index is 14.0. The molecule has 0 aliphatic carbocycles. The van der Waals surface area contributed by atoms with E-state index >= 15 is 0 Å². The summed E-state index contributed by atoms with van der Waals surface area (Å²) in [7, 11) is -3.63. The van der Waals surface area contributed by atoms with Crippen LogP contribution in [0.15, 0.2) is 72.8 Å². The lowest BCUT2D eigenvalue weighted by Crippen LogP contribution is -2.51. The van der Waals surface area contributed by atoms with Crippen molar-refractivity contribution in [1.29, 1.82) is 0 Å². The third kappa shape index (κ3) is 9.33. The Morgan fingerprint density at radius 1 is 0.929 bits per heavy atom. The van der Waals surface area contributed by atoms with Gasteiger partial charge in [0.05, 0.1) is 11.9 Å². The van der Waals surface area contributed by atoms with Crippen molar-refractivity contribution in [2.45, 2.75) is 59.5 Å². The van der Waals surface area contributed by atoms with Crippen LogP contribution in [0, 0.1) is 19.8 Å². The first-order chi connectivity index (χ1) is 19.9. The molecule has 0 fully saturated rings. The van der Waals surface area contributed by atoms with Gasteiger partial charge in [-0.1, -0.05) is 86.1 Å². The summed E-state index contributed by atoms with van der Waals surface area (Å²) < 4.78 is 26.8. The number of hydrogen-bond acceptors (Lipinski definition) is 4. The van der Waals surface area contributed by atoms with Gasteiger partial charge in [-0.15, -0.1) is 0 Å². The van der Waals surface area contributed by atoms with Gasteiger partial charge in [-0.2, -0.15) is 0 Å². The maximum Gasteiger partial charge on any atom is 0.243 e. The summed E-state index contributed by atoms with van der Waals surface area (Å²) >= 11 is 6.28. The molecule has 9 heteroatoms. The Bertz CT molecular complexity index is 1460. The average molecular weight is 612 g/mol. The third-order valence-electron chi connectivity index (χ3n) is 7.22. The van der Waals surface area contributed by atoms with E-state index in [2.05, 4.69) is 5.32 Å². The number of nitrogens with zero attached hydrogens (tertiary/aromatic N) is 2. The number of carbonyl (C=O) groups is 2. The molecule has 0 unspecified atom stereocenters. The molecule has 0 radical (unpaired) electrons. The van der Waals surface area contributed by atoms with Crippen LogP contribution in [0.5, 0.6) is 0 Å². The van der Waals surface area contributed by atoms with Crippen molar-refractivity contribution in [2.75, 3.05) is 23.7 Å². The molecule has 42 heavy (non-hydrogen) atoms. The van der Waals surface area contributed by atoms with Gasteiger partial charge in [0.1, 0.15) is 6.04 Å². The SMILES string of the molecule is Cc1ccccc1CN(C(=O)CCCN(c1cccc(Cl)c1C)S(C)(=O)=O)[C@H](Cc1ccccc1)C(=O)NCC(C)C. The van der Waals surface area contributed by atoms with Crippen molar-refractivity contribution in [3.63, 3.8) is 0 Å². The normalized spacial score (nSPS) is 12.2. The number of halogens is 1. The molecule has 0 spiro atoms. The van der Waals surface area contributed by atoms with Crippen LogP contribution >= 0.6 is 11.6 Å². The number of carbonyl (C=O) groups excluding carboxylic acids is 2. The highest BCUT2D eigenvalue weighted by molar-refractivity contribution is 7.92. The largest absolute Gasteiger partial charge is 0.354 e. The Labute approximate surface area is 255 Å². The highest BCUT2D eigenvalue weighted by Crippen LogP contribution is 2.28. The number of anilines is 1. The summed E-state index contributed by atoms with van der Waals surface area (Å²) in [6.45, 7) is 8.68. The molecule has 1 N–H and O–H groups in total. The van der Waals surface area contributed by atoms with E-state index in [1.807, 2.05) is 75.4 Å². The van der Waals surface area contributed by atoms with Crippen LogP contribution in [0.25, 0.3) is 0 Å². The fourth-order valence-electron chi connectivity index (χ4n) is 4.80. The molecular formula is C33H42ClN3O4S. The van der Waals surface area contributed by atoms with Crippen LogP contribution in [0.2, 0.25) is 5.02 Å². The van der Waals surface area contributed by atoms with Gasteiger partial charge >= 0.3 is 0 Å². The monoisotopic (exact) mass is 611 g/mol. The van der Waals surface area contributed by atoms with E-state index in [0.29, 0.717) is 29.2 Å². The summed E-state index contributed by atoms with van der Waals surface area (Å²) in [5.41, 5.74) is 4.07. The van der Waals surface area contributed by atoms with Crippen molar-refractivity contribution in [1.82, 2.24) is 10.2 Å². The van der Waals surface area contributed by atoms with E-state index in [9.17, 15) is 18.0 Å². The number of hydrogen-bond donors (Lipinski definition) is 1. The second-order valence-electron chi connectivity index (χ2n) is 11.1. The fourth-order valence-corrected chi connectivity index (χ4v) is 5.98. The van der Waals surface area contributed by atoms with Gasteiger partial charge in [-0.25, -0.2) is 8.42 Å². The Hall–Kier alpha value is -3.36. The number of nitrogens with one attached hydrogen (secondary N) is 1. The number of aryl methyl sites for hydroxylation is 1. The molecule has 3 aromatic carbocycles. The molecule has 3 rings (SSSR count). The van der Waals surface area contributed by atoms with E-state index in [4.69, 9.17) is 11.6 Å². The smallest absolute Gasteiger partial charge is 0.243 e. The summed E-state index contributed by atoms with van der Waals surface area (Å²) in [6.07, 6.45) is 1.85. The number of benzene rings is 3. The molecule has 0 heterocycles. The van der Waals surface area contributed by atoms with Crippen molar-refractivity contribution >= 4 is 39.1 Å². The van der Waals surface area contributed by atoms with Gasteiger partial charge in [0.15, 0.2) is 0 Å². The zero-order chi connectivity index (χ0) is 30.9. The van der Waals surface area contributed by atoms with E-state index in [1.54, 1.807) is 30.0 Å². The number of sulfonamides is 1. The first kappa shape index (κ1) is 33.1. The third-order valence-corrected chi connectivity index (χ3v) is 8.81. The van der Waals surface area contributed by atoms with Crippen LogP contribution < -0.4 is 9.62 Å². The van der Waals surface area contributed by atoms with Crippen LogP contribution in [-0.2, 0) is 32.6 Å². The highest BCUT2D eigenvalue weighted by Gasteiger charge is 2.31. The summed E-state index contributed by atoms with van der Waals surface area (Å²) in [5.74, 6) is -0.166. The predicted molar refractivity (Wildman–Crippen MR) is 171 cm³/mol. The standard InChI is InChI=1S/C33H42ClN3O4S/c1-24(2)22-35-33(39)31(21-27-14-7-6-8-15-27)36(23-28-16-10-9-13-25(28)3)32(38)19-12-20-37(42(5,40)41)30-18-11-17-29(34)26(30)4/h6-11,13-18,24,31H,12,19-23H2,1-5H3,(H,35,39)/t31-/m1/s1. The van der Waals surface area contributed by atoms with Crippen LogP contribution in [0.4, 0.5) is 5.69 Å². The second kappa shape index (κ2) is 15.2. The number of rotatable bonds is 14. The first-order valence-electron chi connectivity index (χ1n) is 14.3. The first-order valence-corrected chi connectivity index (χ1v) is 16.5. The quantitative estimate of drug-likeness (QED) is 0.245. The molecule has 0 aliphatic heterocycles. The van der Waals surface area contributed by atoms with Gasteiger partial charge in [0, 0.05) is 37.5 Å². The molecule has 7 nitrogen and oxygen atoms in total. The molecule has 0 saturated carbocycles. The molecule has 1 atom stereocenters. The predicted octanol–water partition coefficient (Wildman–Crippen LogP) is 5.92. The van der Waals surface area contributed by atoms with E-state index in [-0.39, 0.29) is 43.7 Å². The van der Waals surface area contributed by atoms with Gasteiger partial charge in [-0.3, -0.25) is 13.9 Å². The van der Waals surface area contributed by atoms with E-state index in [0.717, 1.165) is 22.9 Å². The van der Waals surface area contributed by atoms with Gasteiger partial charge in [0.2, 0.25) is 21.8 Å². The van der Waals surface area contributed by atoms with E-state index in [1.165, 1.54) is 4.31 Å². The second-order valence-corrected chi connectivity index (χ2v) is 13.4. The summed E-state index contributed by atoms with van der Waals surface area (Å²) in [6, 6.07) is 21.9. The van der Waals surface area contributed by atoms with Crippen LogP contribution in [-0.4, -0.2) is 50.5 Å². The molecule has 0 aliphatic rings. The lowest BCUT2D eigenvalue weighted by atomic mass is 10.0. The van der Waals surface area contributed by atoms with Gasteiger partial charge < -0.3 is 10.2 Å². The number of amides is 2. The summed E-state index contributed by atoms with van der Waals surface area (Å²) in [4.78, 5) is 29.3. The molecular weight excluding hydrogens is 570 g/mol. The van der Waals surface area contributed by atoms with Crippen molar-refractivity contribution < 1.29 is 18.0 Å². The maximum absolute atomic E-state index is 14.0. The minimum atomic E-state index is -3.63. The zero-order valence-corrected chi connectivity index (χ0v) is 26.7. The van der Waals surface area contributed by atoms with E-state index < -0.39 is 16.1 Å². The average Bonchev–Trinajstić information content (AvgIpc) is 2.94. The fraction of sp³-hybridized carbons (Fsp3) is 0.394. The highest BCUT2D eigenvalue weighted by atomic mass is 35.5. The van der Waals surface area contributed by atoms with Gasteiger partial charge in [0.25, 0.3) is 0 Å². The van der Waals surface area contributed by atoms with Crippen molar-refractivity contribution in [3.8, 4) is 0 Å². The molecule has 3 aromatic rings. The van der Waals surface area contributed by atoms with Crippen LogP contribution in [0.3, 0.4) is 0 Å². The summed E-state index contributed by atoms with van der Waals surface area (Å²) in [5, 5.41) is 3.50. The minimum absolute atomic E-state index is 0.0697. The lowest BCUT2D eigenvalue weighted by Gasteiger charge is -2.32. The topological polar surface area (TPSA) is 86.8 Å². The molecule has 2 amide bonds. The molecule has 0 aromatic heterocycles. The van der Waals surface area contributed by atoms with Gasteiger partial charge in [-0.05, 0) is 60.6 Å². The molecule has 226 valence electrons. The Morgan fingerprint density at radius 3 is 2.24 bits per heavy atom. The zero-order valence-electron chi connectivity index (χ0n) is 25.1. The molecule has 0 saturated heterocycles. The van der Waals surface area contributed by atoms with Crippen molar-refractivity contribution in [3.05, 3.63) is 100 Å². The minimum Gasteiger partial charge on any atom is -0.354 e. The van der Waals surface area contributed by atoms with Crippen LogP contribution in [0.1, 0.15) is 48.9 Å². The lowest BCUT2D eigenvalue weighted by molar-refractivity contribution is -0.141. The molecule has 0 bridgehead atoms.